The maximum absolute atomic E-state index is 13.6. The minimum Gasteiger partial charge on any atom is -0.321 e. The summed E-state index contributed by atoms with van der Waals surface area (Å²) in [5, 5.41) is 3.44. The highest BCUT2D eigenvalue weighted by Crippen LogP contribution is 2.33. The zero-order valence-electron chi connectivity index (χ0n) is 16.9. The molecule has 0 bridgehead atoms. The molecule has 0 unspecified atom stereocenters. The number of hydrogen-bond acceptors (Lipinski definition) is 3. The topological polar surface area (TPSA) is 64.0 Å². The Morgan fingerprint density at radius 2 is 1.77 bits per heavy atom. The molecule has 5 nitrogen and oxygen atoms in total. The van der Waals surface area contributed by atoms with Gasteiger partial charge in [0.15, 0.2) is 0 Å². The summed E-state index contributed by atoms with van der Waals surface area (Å²) in [5.74, 6) is 0.220. The molecule has 31 heavy (non-hydrogen) atoms. The van der Waals surface area contributed by atoms with Gasteiger partial charge >= 0.3 is 0 Å². The maximum Gasteiger partial charge on any atom is 0.266 e. The molecule has 6 heteroatoms. The Hall–Kier alpha value is -3.26. The van der Waals surface area contributed by atoms with Gasteiger partial charge in [-0.1, -0.05) is 23.8 Å². The molecule has 0 aliphatic carbocycles. The zero-order valence-corrected chi connectivity index (χ0v) is 19.1. The number of carbonyl (C=O) groups excluding carboxylic acids is 1. The van der Waals surface area contributed by atoms with Gasteiger partial charge in [0.1, 0.15) is 5.82 Å². The second kappa shape index (κ2) is 7.46. The molecule has 1 aliphatic heterocycles. The van der Waals surface area contributed by atoms with Gasteiger partial charge in [-0.2, -0.15) is 0 Å². The molecule has 0 radical (unpaired) electrons. The van der Waals surface area contributed by atoms with Crippen LogP contribution in [0.5, 0.6) is 0 Å². The number of aryl methyl sites for hydroxylation is 2. The molecular formula is C25H18IN3O2. The van der Waals surface area contributed by atoms with Crippen molar-refractivity contribution in [3.05, 3.63) is 97.1 Å². The molecule has 5 rings (SSSR count). The van der Waals surface area contributed by atoms with Gasteiger partial charge in [0.05, 0.1) is 22.2 Å². The summed E-state index contributed by atoms with van der Waals surface area (Å²) in [7, 11) is 0. The Kier molecular flexibility index (Phi) is 4.74. The van der Waals surface area contributed by atoms with E-state index in [-0.39, 0.29) is 11.5 Å². The van der Waals surface area contributed by atoms with E-state index in [1.807, 2.05) is 74.5 Å². The van der Waals surface area contributed by atoms with Crippen LogP contribution in [0.25, 0.3) is 28.2 Å². The van der Waals surface area contributed by atoms with E-state index >= 15 is 0 Å². The Morgan fingerprint density at radius 1 is 0.968 bits per heavy atom. The lowest BCUT2D eigenvalue weighted by Crippen LogP contribution is -2.23. The standard InChI is InChI=1S/C25H18IN3O2/c1-14-4-3-5-17(10-14)29-23(27-22-9-7-16(26)12-20(22)25(29)31)13-19-18-11-15(2)6-8-21(18)28-24(19)30/h3-13H,1-2H3,(H,28,30). The molecule has 0 saturated carbocycles. The second-order valence-corrected chi connectivity index (χ2v) is 8.92. The second-order valence-electron chi connectivity index (χ2n) is 7.67. The molecule has 1 aromatic heterocycles. The molecule has 0 fully saturated rings. The van der Waals surface area contributed by atoms with Crippen LogP contribution in [-0.2, 0) is 4.79 Å². The molecule has 0 spiro atoms. The number of rotatable bonds is 2. The Bertz CT molecular complexity index is 1480. The van der Waals surface area contributed by atoms with Crippen LogP contribution >= 0.6 is 22.6 Å². The van der Waals surface area contributed by atoms with Gasteiger partial charge in [-0.05, 0) is 90.5 Å². The number of halogens is 1. The van der Waals surface area contributed by atoms with Crippen LogP contribution in [0.15, 0.2) is 65.5 Å². The highest BCUT2D eigenvalue weighted by Gasteiger charge is 2.25. The van der Waals surface area contributed by atoms with Crippen LogP contribution in [0.3, 0.4) is 0 Å². The number of fused-ring (bicyclic) bond motifs is 2. The highest BCUT2D eigenvalue weighted by molar-refractivity contribution is 14.1. The fraction of sp³-hybridized carbons (Fsp3) is 0.0800. The molecule has 152 valence electrons. The molecule has 2 heterocycles. The van der Waals surface area contributed by atoms with Crippen molar-refractivity contribution in [3.8, 4) is 5.69 Å². The lowest BCUT2D eigenvalue weighted by atomic mass is 10.0. The van der Waals surface area contributed by atoms with Crippen molar-refractivity contribution in [1.82, 2.24) is 9.55 Å². The third-order valence-corrected chi connectivity index (χ3v) is 6.02. The summed E-state index contributed by atoms with van der Waals surface area (Å²) in [4.78, 5) is 31.1. The van der Waals surface area contributed by atoms with E-state index in [4.69, 9.17) is 4.98 Å². The predicted octanol–water partition coefficient (Wildman–Crippen LogP) is 5.10. The first-order chi connectivity index (χ1) is 14.9. The quantitative estimate of drug-likeness (QED) is 0.296. The van der Waals surface area contributed by atoms with Crippen LogP contribution in [-0.4, -0.2) is 15.5 Å². The van der Waals surface area contributed by atoms with E-state index in [9.17, 15) is 9.59 Å². The van der Waals surface area contributed by atoms with Crippen LogP contribution in [0.2, 0.25) is 0 Å². The predicted molar refractivity (Wildman–Crippen MR) is 132 cm³/mol. The van der Waals surface area contributed by atoms with Gasteiger partial charge in [0, 0.05) is 14.8 Å². The van der Waals surface area contributed by atoms with Crippen LogP contribution in [0.4, 0.5) is 5.69 Å². The van der Waals surface area contributed by atoms with Gasteiger partial charge in [0.25, 0.3) is 11.5 Å². The number of benzene rings is 3. The summed E-state index contributed by atoms with van der Waals surface area (Å²) in [6, 6.07) is 19.1. The lowest BCUT2D eigenvalue weighted by molar-refractivity contribution is -0.110. The molecule has 4 aromatic rings. The molecule has 0 atom stereocenters. The first-order valence-electron chi connectivity index (χ1n) is 9.84. The zero-order chi connectivity index (χ0) is 21.7. The normalized spacial score (nSPS) is 14.2. The Balaban J connectivity index is 1.83. The number of anilines is 1. The van der Waals surface area contributed by atoms with Gasteiger partial charge in [-0.25, -0.2) is 4.98 Å². The summed E-state index contributed by atoms with van der Waals surface area (Å²) < 4.78 is 2.55. The monoisotopic (exact) mass is 519 g/mol. The maximum atomic E-state index is 13.6. The summed E-state index contributed by atoms with van der Waals surface area (Å²) in [6.45, 7) is 3.97. The van der Waals surface area contributed by atoms with Crippen molar-refractivity contribution in [2.75, 3.05) is 5.32 Å². The Labute approximate surface area is 192 Å². The van der Waals surface area contributed by atoms with E-state index in [1.54, 1.807) is 10.6 Å². The number of amides is 1. The molecule has 1 aliphatic rings. The van der Waals surface area contributed by atoms with Crippen LogP contribution in [0.1, 0.15) is 22.5 Å². The fourth-order valence-electron chi connectivity index (χ4n) is 3.86. The number of nitrogens with one attached hydrogen (secondary N) is 1. The molecule has 1 N–H and O–H groups in total. The molecule has 1 amide bonds. The van der Waals surface area contributed by atoms with E-state index in [0.717, 1.165) is 25.9 Å². The summed E-state index contributed by atoms with van der Waals surface area (Å²) in [6.07, 6.45) is 1.71. The van der Waals surface area contributed by atoms with Crippen molar-refractivity contribution < 1.29 is 4.79 Å². The average Bonchev–Trinajstić information content (AvgIpc) is 3.03. The largest absolute Gasteiger partial charge is 0.321 e. The molecule has 3 aromatic carbocycles. The minimum absolute atomic E-state index is 0.163. The van der Waals surface area contributed by atoms with E-state index in [1.165, 1.54) is 0 Å². The van der Waals surface area contributed by atoms with Crippen LogP contribution in [0, 0.1) is 17.4 Å². The van der Waals surface area contributed by atoms with Crippen molar-refractivity contribution in [1.29, 1.82) is 0 Å². The van der Waals surface area contributed by atoms with Gasteiger partial charge in [0.2, 0.25) is 0 Å². The number of nitrogens with zero attached hydrogens (tertiary/aromatic N) is 2. The smallest absolute Gasteiger partial charge is 0.266 e. The number of carbonyl (C=O) groups is 1. The highest BCUT2D eigenvalue weighted by atomic mass is 127. The van der Waals surface area contributed by atoms with E-state index < -0.39 is 0 Å². The first-order valence-corrected chi connectivity index (χ1v) is 10.9. The Morgan fingerprint density at radius 3 is 2.58 bits per heavy atom. The summed E-state index contributed by atoms with van der Waals surface area (Å²) in [5.41, 5.74) is 5.32. The number of hydrogen-bond donors (Lipinski definition) is 1. The lowest BCUT2D eigenvalue weighted by Gasteiger charge is -2.13. The van der Waals surface area contributed by atoms with Crippen molar-refractivity contribution >= 4 is 56.7 Å². The van der Waals surface area contributed by atoms with Crippen molar-refractivity contribution in [2.24, 2.45) is 0 Å². The summed E-state index contributed by atoms with van der Waals surface area (Å²) >= 11 is 2.19. The van der Waals surface area contributed by atoms with Crippen molar-refractivity contribution in [3.63, 3.8) is 0 Å². The average molecular weight is 519 g/mol. The van der Waals surface area contributed by atoms with Gasteiger partial charge < -0.3 is 5.32 Å². The van der Waals surface area contributed by atoms with Gasteiger partial charge in [-0.15, -0.1) is 0 Å². The molecular weight excluding hydrogens is 501 g/mol. The fourth-order valence-corrected chi connectivity index (χ4v) is 4.35. The first kappa shape index (κ1) is 19.7. The van der Waals surface area contributed by atoms with E-state index in [2.05, 4.69) is 27.9 Å². The van der Waals surface area contributed by atoms with Crippen molar-refractivity contribution in [2.45, 2.75) is 13.8 Å². The third-order valence-electron chi connectivity index (χ3n) is 5.35. The van der Waals surface area contributed by atoms with Gasteiger partial charge in [-0.3, -0.25) is 14.2 Å². The minimum atomic E-state index is -0.201. The number of aromatic nitrogens is 2. The SMILES string of the molecule is Cc1cccc(-n2c(C=C3C(=O)Nc4ccc(C)cc43)nc3ccc(I)cc3c2=O)c1. The van der Waals surface area contributed by atoms with E-state index in [0.29, 0.717) is 28.0 Å². The molecule has 0 saturated heterocycles. The third kappa shape index (κ3) is 3.46. The van der Waals surface area contributed by atoms with Crippen LogP contribution < -0.4 is 10.9 Å².